The summed E-state index contributed by atoms with van der Waals surface area (Å²) in [5, 5.41) is 14.0. The molecule has 1 fully saturated rings. The van der Waals surface area contributed by atoms with Crippen molar-refractivity contribution in [3.63, 3.8) is 0 Å². The first-order chi connectivity index (χ1) is 7.81. The summed E-state index contributed by atoms with van der Waals surface area (Å²) in [6.45, 7) is 4.67. The van der Waals surface area contributed by atoms with Gasteiger partial charge in [0.2, 0.25) is 0 Å². The first kappa shape index (κ1) is 12.0. The fourth-order valence-corrected chi connectivity index (χ4v) is 2.65. The summed E-state index contributed by atoms with van der Waals surface area (Å²) in [6, 6.07) is 0. The van der Waals surface area contributed by atoms with Crippen molar-refractivity contribution in [3.05, 3.63) is 10.0 Å². The van der Waals surface area contributed by atoms with E-state index in [9.17, 15) is 0 Å². The van der Waals surface area contributed by atoms with Gasteiger partial charge >= 0.3 is 0 Å². The summed E-state index contributed by atoms with van der Waals surface area (Å²) in [7, 11) is 1.71. The van der Waals surface area contributed by atoms with E-state index in [0.717, 1.165) is 30.6 Å². The highest BCUT2D eigenvalue weighted by molar-refractivity contribution is 7.11. The molecule has 16 heavy (non-hydrogen) atoms. The van der Waals surface area contributed by atoms with Crippen molar-refractivity contribution in [2.45, 2.75) is 32.2 Å². The average Bonchev–Trinajstić information content (AvgIpc) is 3.03. The smallest absolute Gasteiger partial charge is 0.131 e. The van der Waals surface area contributed by atoms with Gasteiger partial charge in [-0.15, -0.1) is 10.2 Å². The summed E-state index contributed by atoms with van der Waals surface area (Å²) in [6.07, 6.45) is 2.73. The fraction of sp³-hybridized carbons (Fsp3) is 0.818. The summed E-state index contributed by atoms with van der Waals surface area (Å²) >= 11 is 1.74. The Bertz CT molecular complexity index is 325. The highest BCUT2D eigenvalue weighted by Crippen LogP contribution is 2.42. The number of aromatic nitrogens is 2. The molecule has 1 atom stereocenters. The molecule has 2 rings (SSSR count). The Kier molecular flexibility index (Phi) is 4.26. The van der Waals surface area contributed by atoms with Crippen LogP contribution in [0.2, 0.25) is 0 Å². The Morgan fingerprint density at radius 1 is 1.50 bits per heavy atom. The molecule has 0 spiro atoms. The molecule has 90 valence electrons. The number of rotatable bonds is 7. The molecule has 1 unspecified atom stereocenters. The van der Waals surface area contributed by atoms with E-state index in [2.05, 4.69) is 22.4 Å². The molecule has 1 aromatic rings. The van der Waals surface area contributed by atoms with Gasteiger partial charge in [0.1, 0.15) is 10.0 Å². The largest absolute Gasteiger partial charge is 0.383 e. The number of nitrogens with one attached hydrogen (secondary N) is 1. The molecule has 0 radical (unpaired) electrons. The van der Waals surface area contributed by atoms with E-state index in [1.54, 1.807) is 18.4 Å². The number of nitrogens with zero attached hydrogens (tertiary/aromatic N) is 2. The minimum Gasteiger partial charge on any atom is -0.383 e. The number of hydrogen-bond acceptors (Lipinski definition) is 5. The first-order valence-electron chi connectivity index (χ1n) is 5.83. The Balaban J connectivity index is 1.77. The molecule has 1 aromatic heterocycles. The van der Waals surface area contributed by atoms with Crippen LogP contribution in [0.5, 0.6) is 0 Å². The maximum absolute atomic E-state index is 4.97. The molecule has 1 aliphatic rings. The summed E-state index contributed by atoms with van der Waals surface area (Å²) < 4.78 is 4.97. The van der Waals surface area contributed by atoms with Gasteiger partial charge in [0.05, 0.1) is 6.61 Å². The zero-order valence-corrected chi connectivity index (χ0v) is 10.7. The van der Waals surface area contributed by atoms with Gasteiger partial charge in [-0.1, -0.05) is 18.3 Å². The van der Waals surface area contributed by atoms with Crippen molar-refractivity contribution in [1.82, 2.24) is 15.5 Å². The molecular weight excluding hydrogens is 222 g/mol. The second-order valence-electron chi connectivity index (χ2n) is 4.33. The van der Waals surface area contributed by atoms with Gasteiger partial charge < -0.3 is 10.1 Å². The minimum absolute atomic E-state index is 0.602. The Hall–Kier alpha value is -0.520. The number of hydrogen-bond donors (Lipinski definition) is 1. The standard InChI is InChI=1S/C11H19N3OS/c1-8(9-3-4-9)11-14-13-10(16-11)7-12-5-6-15-2/h8-9,12H,3-7H2,1-2H3. The third kappa shape index (κ3) is 3.23. The van der Waals surface area contributed by atoms with Crippen LogP contribution in [-0.2, 0) is 11.3 Å². The quantitative estimate of drug-likeness (QED) is 0.739. The van der Waals surface area contributed by atoms with Crippen molar-refractivity contribution >= 4 is 11.3 Å². The summed E-state index contributed by atoms with van der Waals surface area (Å²) in [4.78, 5) is 0. The molecule has 1 N–H and O–H groups in total. The third-order valence-corrected chi connectivity index (χ3v) is 4.08. The van der Waals surface area contributed by atoms with E-state index in [4.69, 9.17) is 4.74 Å². The van der Waals surface area contributed by atoms with Gasteiger partial charge in [-0.05, 0) is 18.8 Å². The average molecular weight is 241 g/mol. The first-order valence-corrected chi connectivity index (χ1v) is 6.65. The van der Waals surface area contributed by atoms with Crippen LogP contribution in [0.1, 0.15) is 35.7 Å². The molecule has 5 heteroatoms. The van der Waals surface area contributed by atoms with Gasteiger partial charge in [0.25, 0.3) is 0 Å². The lowest BCUT2D eigenvalue weighted by molar-refractivity contribution is 0.199. The van der Waals surface area contributed by atoms with Gasteiger partial charge in [-0.2, -0.15) is 0 Å². The molecule has 4 nitrogen and oxygen atoms in total. The van der Waals surface area contributed by atoms with Crippen LogP contribution in [0.25, 0.3) is 0 Å². The Labute approximate surface area is 100 Å². The predicted molar refractivity (Wildman–Crippen MR) is 64.6 cm³/mol. The van der Waals surface area contributed by atoms with E-state index >= 15 is 0 Å². The molecule has 1 aliphatic carbocycles. The third-order valence-electron chi connectivity index (χ3n) is 2.96. The maximum Gasteiger partial charge on any atom is 0.131 e. The Morgan fingerprint density at radius 2 is 2.31 bits per heavy atom. The molecule has 0 aliphatic heterocycles. The lowest BCUT2D eigenvalue weighted by atomic mass is 10.1. The van der Waals surface area contributed by atoms with E-state index in [0.29, 0.717) is 5.92 Å². The second kappa shape index (κ2) is 5.70. The molecule has 1 saturated carbocycles. The zero-order valence-electron chi connectivity index (χ0n) is 9.90. The summed E-state index contributed by atoms with van der Waals surface area (Å²) in [5.41, 5.74) is 0. The van der Waals surface area contributed by atoms with Gasteiger partial charge in [-0.3, -0.25) is 0 Å². The van der Waals surface area contributed by atoms with Crippen LogP contribution in [0, 0.1) is 5.92 Å². The van der Waals surface area contributed by atoms with E-state index in [1.165, 1.54) is 17.8 Å². The predicted octanol–water partition coefficient (Wildman–Crippen LogP) is 1.79. The van der Waals surface area contributed by atoms with Crippen LogP contribution in [0.4, 0.5) is 0 Å². The van der Waals surface area contributed by atoms with Crippen molar-refractivity contribution in [1.29, 1.82) is 0 Å². The van der Waals surface area contributed by atoms with Crippen LogP contribution in [0.3, 0.4) is 0 Å². The Morgan fingerprint density at radius 3 is 3.00 bits per heavy atom. The monoisotopic (exact) mass is 241 g/mol. The number of methoxy groups -OCH3 is 1. The fourth-order valence-electron chi connectivity index (χ4n) is 1.69. The van der Waals surface area contributed by atoms with Crippen LogP contribution in [-0.4, -0.2) is 30.5 Å². The van der Waals surface area contributed by atoms with Crippen LogP contribution < -0.4 is 5.32 Å². The summed E-state index contributed by atoms with van der Waals surface area (Å²) in [5.74, 6) is 1.47. The molecule has 1 heterocycles. The van der Waals surface area contributed by atoms with Crippen molar-refractivity contribution in [2.24, 2.45) is 5.92 Å². The minimum atomic E-state index is 0.602. The molecule has 0 saturated heterocycles. The van der Waals surface area contributed by atoms with Crippen molar-refractivity contribution < 1.29 is 4.74 Å². The van der Waals surface area contributed by atoms with E-state index in [1.807, 2.05) is 0 Å². The molecule has 0 amide bonds. The maximum atomic E-state index is 4.97. The molecular formula is C11H19N3OS. The lowest BCUT2D eigenvalue weighted by Crippen LogP contribution is -2.18. The van der Waals surface area contributed by atoms with Crippen LogP contribution in [0.15, 0.2) is 0 Å². The molecule has 0 bridgehead atoms. The normalized spacial score (nSPS) is 17.6. The SMILES string of the molecule is COCCNCc1nnc(C(C)C2CC2)s1. The topological polar surface area (TPSA) is 47.0 Å². The highest BCUT2D eigenvalue weighted by atomic mass is 32.1. The van der Waals surface area contributed by atoms with Crippen LogP contribution >= 0.6 is 11.3 Å². The van der Waals surface area contributed by atoms with E-state index in [-0.39, 0.29) is 0 Å². The van der Waals surface area contributed by atoms with Gasteiger partial charge in [-0.25, -0.2) is 0 Å². The number of ether oxygens (including phenoxy) is 1. The molecule has 0 aromatic carbocycles. The van der Waals surface area contributed by atoms with Gasteiger partial charge in [0, 0.05) is 26.1 Å². The van der Waals surface area contributed by atoms with Gasteiger partial charge in [0.15, 0.2) is 0 Å². The van der Waals surface area contributed by atoms with Crippen molar-refractivity contribution in [2.75, 3.05) is 20.3 Å². The van der Waals surface area contributed by atoms with Crippen molar-refractivity contribution in [3.8, 4) is 0 Å². The highest BCUT2D eigenvalue weighted by Gasteiger charge is 2.31. The second-order valence-corrected chi connectivity index (χ2v) is 5.42. The lowest BCUT2D eigenvalue weighted by Gasteiger charge is -2.02. The zero-order chi connectivity index (χ0) is 11.4. The van der Waals surface area contributed by atoms with E-state index < -0.39 is 0 Å².